The van der Waals surface area contributed by atoms with E-state index in [9.17, 15) is 0 Å². The monoisotopic (exact) mass is 249 g/mol. The van der Waals surface area contributed by atoms with Crippen LogP contribution in [0.4, 0.5) is 0 Å². The molecule has 0 aromatic rings. The summed E-state index contributed by atoms with van der Waals surface area (Å²) in [7, 11) is 4.27. The SMILES string of the molecule is CN(C)CCCN=C1NC2CC3CC(C2)CC1C3. The largest absolute Gasteiger partial charge is 0.371 e. The number of hydrogen-bond donors (Lipinski definition) is 1. The van der Waals surface area contributed by atoms with Gasteiger partial charge in [-0.1, -0.05) is 0 Å². The van der Waals surface area contributed by atoms with Crippen LogP contribution in [0.2, 0.25) is 0 Å². The number of nitrogens with one attached hydrogen (secondary N) is 1. The fourth-order valence-corrected chi connectivity index (χ4v) is 4.28. The van der Waals surface area contributed by atoms with Gasteiger partial charge in [0.25, 0.3) is 0 Å². The van der Waals surface area contributed by atoms with Crippen molar-refractivity contribution in [2.75, 3.05) is 27.2 Å². The Labute approximate surface area is 111 Å². The van der Waals surface area contributed by atoms with Gasteiger partial charge in [0, 0.05) is 18.5 Å². The van der Waals surface area contributed by atoms with Crippen molar-refractivity contribution >= 4 is 5.84 Å². The first kappa shape index (κ1) is 12.5. The Morgan fingerprint density at radius 3 is 2.50 bits per heavy atom. The predicted molar refractivity (Wildman–Crippen MR) is 76.0 cm³/mol. The first-order valence-corrected chi connectivity index (χ1v) is 7.66. The van der Waals surface area contributed by atoms with Crippen molar-refractivity contribution in [3.63, 3.8) is 0 Å². The molecule has 4 aliphatic rings. The molecule has 2 unspecified atom stereocenters. The quantitative estimate of drug-likeness (QED) is 0.773. The molecule has 2 saturated heterocycles. The summed E-state index contributed by atoms with van der Waals surface area (Å²) in [4.78, 5) is 7.14. The van der Waals surface area contributed by atoms with Crippen LogP contribution in [0.5, 0.6) is 0 Å². The number of nitrogens with zero attached hydrogens (tertiary/aromatic N) is 2. The Balaban J connectivity index is 1.60. The molecule has 18 heavy (non-hydrogen) atoms. The van der Waals surface area contributed by atoms with E-state index < -0.39 is 0 Å². The Bertz CT molecular complexity index is 310. The summed E-state index contributed by atoms with van der Waals surface area (Å²) in [5, 5.41) is 3.76. The molecule has 0 radical (unpaired) electrons. The van der Waals surface area contributed by atoms with Gasteiger partial charge in [0.15, 0.2) is 0 Å². The molecule has 0 aromatic carbocycles. The number of hydrogen-bond acceptors (Lipinski definition) is 2. The highest BCUT2D eigenvalue weighted by Gasteiger charge is 2.41. The fourth-order valence-electron chi connectivity index (χ4n) is 4.28. The fraction of sp³-hybridized carbons (Fsp3) is 0.933. The summed E-state index contributed by atoms with van der Waals surface area (Å²) in [5.41, 5.74) is 0. The second-order valence-corrected chi connectivity index (χ2v) is 6.87. The van der Waals surface area contributed by atoms with E-state index in [0.717, 1.165) is 36.9 Å². The lowest BCUT2D eigenvalue weighted by Gasteiger charge is -2.37. The maximum absolute atomic E-state index is 4.89. The van der Waals surface area contributed by atoms with Gasteiger partial charge in [-0.3, -0.25) is 4.99 Å². The Morgan fingerprint density at radius 2 is 1.83 bits per heavy atom. The molecule has 2 aliphatic heterocycles. The second kappa shape index (κ2) is 5.20. The van der Waals surface area contributed by atoms with E-state index in [4.69, 9.17) is 4.99 Å². The predicted octanol–water partition coefficient (Wildman–Crippen LogP) is 2.13. The molecule has 102 valence electrons. The topological polar surface area (TPSA) is 27.6 Å². The van der Waals surface area contributed by atoms with Crippen molar-refractivity contribution in [1.82, 2.24) is 10.2 Å². The van der Waals surface area contributed by atoms with Crippen molar-refractivity contribution in [2.45, 2.75) is 44.6 Å². The van der Waals surface area contributed by atoms with Crippen molar-refractivity contribution in [2.24, 2.45) is 22.7 Å². The lowest BCUT2D eigenvalue weighted by Crippen LogP contribution is -2.36. The third-order valence-corrected chi connectivity index (χ3v) is 4.92. The number of aliphatic imine (C=N–C) groups is 1. The van der Waals surface area contributed by atoms with Crippen LogP contribution < -0.4 is 5.32 Å². The summed E-state index contributed by atoms with van der Waals surface area (Å²) in [6.07, 6.45) is 8.32. The van der Waals surface area contributed by atoms with Gasteiger partial charge in [0.05, 0.1) is 5.84 Å². The standard InChI is InChI=1S/C15H27N3/c1-18(2)5-3-4-16-15-13-7-11-6-12(8-13)10-14(9-11)17-15/h11-14H,3-10H2,1-2H3,(H,16,17). The third kappa shape index (κ3) is 2.71. The molecule has 4 rings (SSSR count). The van der Waals surface area contributed by atoms with Gasteiger partial charge in [-0.25, -0.2) is 0 Å². The molecule has 4 fully saturated rings. The summed E-state index contributed by atoms with van der Waals surface area (Å²) in [6.45, 7) is 2.15. The zero-order chi connectivity index (χ0) is 12.5. The Morgan fingerprint density at radius 1 is 1.11 bits per heavy atom. The summed E-state index contributed by atoms with van der Waals surface area (Å²) in [6, 6.07) is 0.744. The smallest absolute Gasteiger partial charge is 0.0996 e. The zero-order valence-electron chi connectivity index (χ0n) is 11.9. The van der Waals surface area contributed by atoms with Crippen LogP contribution in [-0.2, 0) is 0 Å². The average Bonchev–Trinajstić information content (AvgIpc) is 2.49. The molecule has 3 nitrogen and oxygen atoms in total. The van der Waals surface area contributed by atoms with E-state index in [1.54, 1.807) is 0 Å². The highest BCUT2D eigenvalue weighted by molar-refractivity contribution is 5.85. The molecule has 2 heterocycles. The number of rotatable bonds is 4. The van der Waals surface area contributed by atoms with E-state index in [0.29, 0.717) is 0 Å². The van der Waals surface area contributed by atoms with Gasteiger partial charge in [-0.05, 0) is 71.0 Å². The minimum Gasteiger partial charge on any atom is -0.371 e. The van der Waals surface area contributed by atoms with Crippen LogP contribution in [0.25, 0.3) is 0 Å². The molecule has 2 atom stereocenters. The highest BCUT2D eigenvalue weighted by atomic mass is 15.1. The van der Waals surface area contributed by atoms with Crippen LogP contribution in [0.1, 0.15) is 38.5 Å². The van der Waals surface area contributed by atoms with Gasteiger partial charge in [-0.2, -0.15) is 0 Å². The van der Waals surface area contributed by atoms with Crippen molar-refractivity contribution in [3.05, 3.63) is 0 Å². The van der Waals surface area contributed by atoms with Crippen LogP contribution in [0.15, 0.2) is 4.99 Å². The van der Waals surface area contributed by atoms with E-state index in [2.05, 4.69) is 24.3 Å². The summed E-state index contributed by atoms with van der Waals surface area (Å²) < 4.78 is 0. The van der Waals surface area contributed by atoms with Crippen molar-refractivity contribution < 1.29 is 0 Å². The van der Waals surface area contributed by atoms with Gasteiger partial charge in [0.2, 0.25) is 0 Å². The van der Waals surface area contributed by atoms with E-state index in [-0.39, 0.29) is 0 Å². The molecule has 3 heteroatoms. The van der Waals surface area contributed by atoms with Crippen LogP contribution in [0.3, 0.4) is 0 Å². The molecular formula is C15H27N3. The summed E-state index contributed by atoms with van der Waals surface area (Å²) in [5.74, 6) is 4.12. The first-order valence-electron chi connectivity index (χ1n) is 7.66. The molecule has 0 spiro atoms. The van der Waals surface area contributed by atoms with E-state index in [1.165, 1.54) is 44.4 Å². The number of fused-ring (bicyclic) bond motifs is 1. The molecule has 4 bridgehead atoms. The third-order valence-electron chi connectivity index (χ3n) is 4.92. The molecule has 1 N–H and O–H groups in total. The number of amidine groups is 1. The molecule has 0 aromatic heterocycles. The van der Waals surface area contributed by atoms with Gasteiger partial charge >= 0.3 is 0 Å². The molecule has 2 saturated carbocycles. The highest BCUT2D eigenvalue weighted by Crippen LogP contribution is 2.45. The normalized spacial score (nSPS) is 40.3. The van der Waals surface area contributed by atoms with Crippen LogP contribution in [0, 0.1) is 17.8 Å². The Kier molecular flexibility index (Phi) is 3.60. The Hall–Kier alpha value is -0.570. The second-order valence-electron chi connectivity index (χ2n) is 6.87. The van der Waals surface area contributed by atoms with Gasteiger partial charge in [-0.15, -0.1) is 0 Å². The maximum Gasteiger partial charge on any atom is 0.0996 e. The summed E-state index contributed by atoms with van der Waals surface area (Å²) >= 11 is 0. The first-order chi connectivity index (χ1) is 8.70. The minimum absolute atomic E-state index is 0.744. The van der Waals surface area contributed by atoms with Gasteiger partial charge in [0.1, 0.15) is 0 Å². The van der Waals surface area contributed by atoms with E-state index in [1.807, 2.05) is 0 Å². The van der Waals surface area contributed by atoms with Crippen LogP contribution in [-0.4, -0.2) is 44.0 Å². The lowest BCUT2D eigenvalue weighted by atomic mass is 9.68. The molecular weight excluding hydrogens is 222 g/mol. The average molecular weight is 249 g/mol. The van der Waals surface area contributed by atoms with Crippen molar-refractivity contribution in [1.29, 1.82) is 0 Å². The maximum atomic E-state index is 4.89. The van der Waals surface area contributed by atoms with Gasteiger partial charge < -0.3 is 10.2 Å². The van der Waals surface area contributed by atoms with Crippen molar-refractivity contribution in [3.8, 4) is 0 Å². The zero-order valence-corrected chi connectivity index (χ0v) is 11.9. The van der Waals surface area contributed by atoms with E-state index >= 15 is 0 Å². The van der Waals surface area contributed by atoms with Crippen LogP contribution >= 0.6 is 0 Å². The molecule has 2 aliphatic carbocycles. The lowest BCUT2D eigenvalue weighted by molar-refractivity contribution is 0.162. The minimum atomic E-state index is 0.744. The molecule has 0 amide bonds.